The number of rotatable bonds is 4. The molecule has 24 heavy (non-hydrogen) atoms. The van der Waals surface area contributed by atoms with Crippen LogP contribution in [0.15, 0.2) is 0 Å². The minimum atomic E-state index is 0.746. The third-order valence-electron chi connectivity index (χ3n) is 10.5. The van der Waals surface area contributed by atoms with E-state index in [1.807, 2.05) is 0 Å². The summed E-state index contributed by atoms with van der Waals surface area (Å²) in [4.78, 5) is 0. The zero-order valence-electron chi connectivity index (χ0n) is 16.7. The molecule has 0 radical (unpaired) electrons. The Labute approximate surface area is 150 Å². The zero-order chi connectivity index (χ0) is 16.7. The number of hydrogen-bond donors (Lipinski definition) is 0. The van der Waals surface area contributed by atoms with Crippen molar-refractivity contribution in [2.24, 2.45) is 58.2 Å². The molecule has 4 bridgehead atoms. The molecule has 5 aliphatic carbocycles. The monoisotopic (exact) mass is 328 g/mol. The Bertz CT molecular complexity index is 502. The highest BCUT2D eigenvalue weighted by atomic mass is 14.7. The van der Waals surface area contributed by atoms with Gasteiger partial charge in [-0.2, -0.15) is 0 Å². The van der Waals surface area contributed by atoms with Crippen LogP contribution in [0.1, 0.15) is 91.9 Å². The maximum absolute atomic E-state index is 2.70. The molecule has 1 spiro atoms. The van der Waals surface area contributed by atoms with Crippen LogP contribution in [0.2, 0.25) is 0 Å². The van der Waals surface area contributed by atoms with Crippen molar-refractivity contribution in [2.75, 3.05) is 0 Å². The molecule has 0 heterocycles. The predicted octanol–water partition coefficient (Wildman–Crippen LogP) is 6.94. The summed E-state index contributed by atoms with van der Waals surface area (Å²) < 4.78 is 0. The molecule has 5 rings (SSSR count). The molecule has 136 valence electrons. The highest BCUT2D eigenvalue weighted by Crippen LogP contribution is 2.77. The van der Waals surface area contributed by atoms with Crippen LogP contribution in [0.4, 0.5) is 0 Å². The first-order chi connectivity index (χ1) is 11.4. The summed E-state index contributed by atoms with van der Waals surface area (Å²) in [5.41, 5.74) is 1.56. The molecule has 0 aromatic carbocycles. The van der Waals surface area contributed by atoms with Crippen molar-refractivity contribution in [3.05, 3.63) is 0 Å². The van der Waals surface area contributed by atoms with Crippen LogP contribution in [-0.4, -0.2) is 0 Å². The second-order valence-corrected chi connectivity index (χ2v) is 11.9. The lowest BCUT2D eigenvalue weighted by atomic mass is 9.54. The molecule has 5 aliphatic rings. The summed E-state index contributed by atoms with van der Waals surface area (Å²) >= 11 is 0. The summed E-state index contributed by atoms with van der Waals surface area (Å²) in [5, 5.41) is 0. The molecule has 0 aromatic rings. The summed E-state index contributed by atoms with van der Waals surface area (Å²) in [6, 6.07) is 0. The molecule has 10 unspecified atom stereocenters. The van der Waals surface area contributed by atoms with Crippen molar-refractivity contribution < 1.29 is 0 Å². The van der Waals surface area contributed by atoms with E-state index in [9.17, 15) is 0 Å². The van der Waals surface area contributed by atoms with Gasteiger partial charge in [0, 0.05) is 0 Å². The molecule has 0 aliphatic heterocycles. The maximum atomic E-state index is 2.70. The second kappa shape index (κ2) is 5.26. The molecule has 0 saturated heterocycles. The smallest absolute Gasteiger partial charge is 0.0235 e. The van der Waals surface area contributed by atoms with E-state index in [-0.39, 0.29) is 0 Å². The summed E-state index contributed by atoms with van der Waals surface area (Å²) in [5.74, 6) is 8.39. The van der Waals surface area contributed by atoms with Gasteiger partial charge in [0.2, 0.25) is 0 Å². The van der Waals surface area contributed by atoms with Gasteiger partial charge in [0.25, 0.3) is 0 Å². The van der Waals surface area contributed by atoms with Gasteiger partial charge in [-0.25, -0.2) is 0 Å². The zero-order valence-corrected chi connectivity index (χ0v) is 16.7. The fourth-order valence-electron chi connectivity index (χ4n) is 9.57. The molecule has 10 atom stereocenters. The van der Waals surface area contributed by atoms with Gasteiger partial charge in [-0.15, -0.1) is 0 Å². The van der Waals surface area contributed by atoms with Crippen LogP contribution in [0.5, 0.6) is 0 Å². The Morgan fingerprint density at radius 1 is 0.917 bits per heavy atom. The van der Waals surface area contributed by atoms with E-state index in [2.05, 4.69) is 27.7 Å². The van der Waals surface area contributed by atoms with Gasteiger partial charge >= 0.3 is 0 Å². The van der Waals surface area contributed by atoms with E-state index in [0.29, 0.717) is 0 Å². The summed E-state index contributed by atoms with van der Waals surface area (Å²) in [7, 11) is 0. The second-order valence-electron chi connectivity index (χ2n) is 11.9. The van der Waals surface area contributed by atoms with Crippen molar-refractivity contribution in [3.8, 4) is 0 Å². The SMILES string of the molecule is CC1CCC(CC(C)C(C)C2C3CC4CC5(C)CC2CC5(C4)C3)C1. The molecule has 0 heteroatoms. The van der Waals surface area contributed by atoms with Crippen LogP contribution in [0.3, 0.4) is 0 Å². The highest BCUT2D eigenvalue weighted by molar-refractivity contribution is 5.17. The highest BCUT2D eigenvalue weighted by Gasteiger charge is 2.68. The van der Waals surface area contributed by atoms with Gasteiger partial charge < -0.3 is 0 Å². The standard InChI is InChI=1S/C24H40/c1-15-5-6-18(7-15)8-16(2)17(3)22-20-9-19-10-23(4)12-21(22)14-24(23,11-19)13-20/h15-22H,5-14H2,1-4H3. The average molecular weight is 329 g/mol. The van der Waals surface area contributed by atoms with Gasteiger partial charge in [-0.1, -0.05) is 40.5 Å². The molecular formula is C24H40. The average Bonchev–Trinajstić information content (AvgIpc) is 3.04. The van der Waals surface area contributed by atoms with Crippen molar-refractivity contribution in [1.82, 2.24) is 0 Å². The normalized spacial score (nSPS) is 57.5. The molecule has 5 fully saturated rings. The van der Waals surface area contributed by atoms with E-state index >= 15 is 0 Å². The third kappa shape index (κ3) is 2.16. The minimum absolute atomic E-state index is 0.746. The van der Waals surface area contributed by atoms with E-state index in [4.69, 9.17) is 0 Å². The Morgan fingerprint density at radius 3 is 2.46 bits per heavy atom. The fraction of sp³-hybridized carbons (Fsp3) is 1.00. The lowest BCUT2D eigenvalue weighted by Gasteiger charge is -2.51. The van der Waals surface area contributed by atoms with Gasteiger partial charge in [-0.05, 0) is 110 Å². The molecule has 0 nitrogen and oxygen atoms in total. The lowest BCUT2D eigenvalue weighted by molar-refractivity contribution is -0.0143. The van der Waals surface area contributed by atoms with Gasteiger partial charge in [-0.3, -0.25) is 0 Å². The maximum Gasteiger partial charge on any atom is -0.0235 e. The summed E-state index contributed by atoms with van der Waals surface area (Å²) in [6.45, 7) is 10.5. The van der Waals surface area contributed by atoms with Crippen LogP contribution in [0.25, 0.3) is 0 Å². The Hall–Kier alpha value is 0. The first-order valence-electron chi connectivity index (χ1n) is 11.4. The van der Waals surface area contributed by atoms with Gasteiger partial charge in [0.05, 0.1) is 0 Å². The minimum Gasteiger partial charge on any atom is -0.0625 e. The number of hydrogen-bond acceptors (Lipinski definition) is 0. The van der Waals surface area contributed by atoms with Crippen LogP contribution >= 0.6 is 0 Å². The molecular weight excluding hydrogens is 288 g/mol. The number of fused-ring (bicyclic) bond motifs is 3. The van der Waals surface area contributed by atoms with E-state index in [1.165, 1.54) is 25.7 Å². The molecule has 0 aromatic heterocycles. The van der Waals surface area contributed by atoms with Crippen LogP contribution in [0, 0.1) is 58.2 Å². The lowest BCUT2D eigenvalue weighted by Crippen LogP contribution is -2.43. The van der Waals surface area contributed by atoms with E-state index in [1.54, 1.807) is 38.5 Å². The van der Waals surface area contributed by atoms with E-state index in [0.717, 1.165) is 58.2 Å². The summed E-state index contributed by atoms with van der Waals surface area (Å²) in [6.07, 6.45) is 15.8. The third-order valence-corrected chi connectivity index (χ3v) is 10.5. The van der Waals surface area contributed by atoms with E-state index < -0.39 is 0 Å². The van der Waals surface area contributed by atoms with Gasteiger partial charge in [0.1, 0.15) is 0 Å². The quantitative estimate of drug-likeness (QED) is 0.524. The van der Waals surface area contributed by atoms with Crippen molar-refractivity contribution >= 4 is 0 Å². The fourth-order valence-corrected chi connectivity index (χ4v) is 9.57. The molecule has 0 amide bonds. The Balaban J connectivity index is 1.32. The molecule has 5 saturated carbocycles. The topological polar surface area (TPSA) is 0 Å². The van der Waals surface area contributed by atoms with Crippen molar-refractivity contribution in [1.29, 1.82) is 0 Å². The largest absolute Gasteiger partial charge is 0.0625 e. The van der Waals surface area contributed by atoms with Gasteiger partial charge in [0.15, 0.2) is 0 Å². The van der Waals surface area contributed by atoms with Crippen LogP contribution in [-0.2, 0) is 0 Å². The van der Waals surface area contributed by atoms with Crippen molar-refractivity contribution in [3.63, 3.8) is 0 Å². The Morgan fingerprint density at radius 2 is 1.71 bits per heavy atom. The first kappa shape index (κ1) is 16.2. The molecule has 0 N–H and O–H groups in total. The predicted molar refractivity (Wildman–Crippen MR) is 102 cm³/mol. The first-order valence-corrected chi connectivity index (χ1v) is 11.4. The Kier molecular flexibility index (Phi) is 3.55. The van der Waals surface area contributed by atoms with Crippen molar-refractivity contribution in [2.45, 2.75) is 91.9 Å². The van der Waals surface area contributed by atoms with Crippen LogP contribution < -0.4 is 0 Å².